The molecule has 0 fully saturated rings. The minimum absolute atomic E-state index is 0.0119. The molecule has 0 aliphatic rings. The van der Waals surface area contributed by atoms with Crippen LogP contribution < -0.4 is 21.1 Å². The molecule has 2 aromatic carbocycles. The highest BCUT2D eigenvalue weighted by Gasteiger charge is 2.26. The SMILES string of the molecule is CC(C)(C)OC(=O)CC[C@H](NC(=O)OC(C)(C)C)C(=O)Nc1ccc(Oc2ccc3[nH]c(N)c(C#N)c3c2)cc1. The number of aromatic amines is 1. The number of nitrogens with two attached hydrogens (primary N) is 1. The molecule has 3 rings (SSSR count). The molecule has 0 saturated heterocycles. The molecular weight excluding hydrogens is 514 g/mol. The molecule has 3 aromatic rings. The number of aromatic nitrogens is 1. The third kappa shape index (κ3) is 8.66. The molecule has 5 N–H and O–H groups in total. The first-order valence-electron chi connectivity index (χ1n) is 12.7. The molecule has 0 spiro atoms. The number of ether oxygens (including phenoxy) is 3. The van der Waals surface area contributed by atoms with Gasteiger partial charge in [0, 0.05) is 23.0 Å². The van der Waals surface area contributed by atoms with Crippen molar-refractivity contribution in [2.24, 2.45) is 0 Å². The number of benzene rings is 2. The van der Waals surface area contributed by atoms with Crippen molar-refractivity contribution < 1.29 is 28.6 Å². The molecule has 0 aliphatic carbocycles. The number of nitriles is 1. The lowest BCUT2D eigenvalue weighted by Gasteiger charge is -2.24. The first-order valence-corrected chi connectivity index (χ1v) is 12.7. The van der Waals surface area contributed by atoms with Crippen LogP contribution in [0, 0.1) is 11.3 Å². The number of esters is 1. The zero-order valence-electron chi connectivity index (χ0n) is 23.5. The van der Waals surface area contributed by atoms with Gasteiger partial charge in [-0.3, -0.25) is 9.59 Å². The molecule has 11 heteroatoms. The summed E-state index contributed by atoms with van der Waals surface area (Å²) in [5, 5.41) is 15.3. The van der Waals surface area contributed by atoms with E-state index in [1.807, 2.05) is 0 Å². The summed E-state index contributed by atoms with van der Waals surface area (Å²) >= 11 is 0. The van der Waals surface area contributed by atoms with E-state index in [1.165, 1.54) is 0 Å². The Morgan fingerprint density at radius 3 is 2.20 bits per heavy atom. The Kier molecular flexibility index (Phi) is 8.94. The summed E-state index contributed by atoms with van der Waals surface area (Å²) in [5.74, 6) is 0.277. The first-order chi connectivity index (χ1) is 18.6. The second kappa shape index (κ2) is 12.0. The van der Waals surface area contributed by atoms with Gasteiger partial charge < -0.3 is 35.6 Å². The quantitative estimate of drug-likeness (QED) is 0.272. The summed E-state index contributed by atoms with van der Waals surface area (Å²) in [7, 11) is 0. The van der Waals surface area contributed by atoms with Crippen molar-refractivity contribution in [3.05, 3.63) is 48.0 Å². The number of carbonyl (C=O) groups excluding carboxylic acids is 3. The van der Waals surface area contributed by atoms with E-state index in [0.717, 1.165) is 5.52 Å². The van der Waals surface area contributed by atoms with E-state index in [-0.39, 0.29) is 12.8 Å². The monoisotopic (exact) mass is 549 g/mol. The molecule has 0 saturated carbocycles. The number of rotatable bonds is 8. The van der Waals surface area contributed by atoms with E-state index in [4.69, 9.17) is 19.9 Å². The van der Waals surface area contributed by atoms with E-state index in [0.29, 0.717) is 34.0 Å². The fourth-order valence-electron chi connectivity index (χ4n) is 3.72. The van der Waals surface area contributed by atoms with Crippen LogP contribution in [0.5, 0.6) is 11.5 Å². The lowest BCUT2D eigenvalue weighted by Crippen LogP contribution is -2.46. The lowest BCUT2D eigenvalue weighted by molar-refractivity contribution is -0.155. The zero-order chi connectivity index (χ0) is 29.7. The van der Waals surface area contributed by atoms with Gasteiger partial charge in [0.15, 0.2) is 0 Å². The molecule has 212 valence electrons. The standard InChI is InChI=1S/C29H35N5O6/c1-28(2,3)39-24(35)14-13-23(34-27(37)40-29(4,5)6)26(36)32-17-7-9-18(10-8-17)38-19-11-12-22-20(15-19)21(16-30)25(31)33-22/h7-12,15,23,33H,13-14,31H2,1-6H3,(H,32,36)(H,34,37)/t23-/m0/s1. The summed E-state index contributed by atoms with van der Waals surface area (Å²) in [6, 6.07) is 12.9. The number of amides is 2. The number of alkyl carbamates (subject to hydrolysis) is 1. The van der Waals surface area contributed by atoms with Gasteiger partial charge in [-0.1, -0.05) is 0 Å². The molecule has 11 nitrogen and oxygen atoms in total. The highest BCUT2D eigenvalue weighted by Crippen LogP contribution is 2.30. The van der Waals surface area contributed by atoms with Gasteiger partial charge in [-0.05, 0) is 90.4 Å². The molecule has 0 aliphatic heterocycles. The maximum Gasteiger partial charge on any atom is 0.408 e. The molecule has 1 atom stereocenters. The Hall–Kier alpha value is -4.72. The van der Waals surface area contributed by atoms with Crippen LogP contribution in [0.4, 0.5) is 16.3 Å². The zero-order valence-corrected chi connectivity index (χ0v) is 23.5. The minimum Gasteiger partial charge on any atom is -0.460 e. The van der Waals surface area contributed by atoms with Crippen LogP contribution in [-0.2, 0) is 19.1 Å². The van der Waals surface area contributed by atoms with Crippen LogP contribution in [-0.4, -0.2) is 40.2 Å². The number of nitrogens with one attached hydrogen (secondary N) is 3. The topological polar surface area (TPSA) is 169 Å². The Morgan fingerprint density at radius 1 is 0.975 bits per heavy atom. The fourth-order valence-corrected chi connectivity index (χ4v) is 3.72. The van der Waals surface area contributed by atoms with Gasteiger partial charge in [-0.2, -0.15) is 5.26 Å². The highest BCUT2D eigenvalue weighted by molar-refractivity contribution is 5.97. The number of nitrogen functional groups attached to an aromatic ring is 1. The second-order valence-corrected chi connectivity index (χ2v) is 11.2. The van der Waals surface area contributed by atoms with Crippen LogP contribution in [0.1, 0.15) is 59.9 Å². The first kappa shape index (κ1) is 29.8. The van der Waals surface area contributed by atoms with E-state index < -0.39 is 35.2 Å². The van der Waals surface area contributed by atoms with Gasteiger partial charge in [-0.25, -0.2) is 4.79 Å². The summed E-state index contributed by atoms with van der Waals surface area (Å²) < 4.78 is 16.5. The number of nitrogens with zero attached hydrogens (tertiary/aromatic N) is 1. The molecule has 40 heavy (non-hydrogen) atoms. The van der Waals surface area contributed by atoms with Gasteiger partial charge in [0.05, 0.1) is 0 Å². The van der Waals surface area contributed by atoms with Crippen LogP contribution in [0.3, 0.4) is 0 Å². The largest absolute Gasteiger partial charge is 0.460 e. The van der Waals surface area contributed by atoms with Crippen molar-refractivity contribution in [1.29, 1.82) is 5.26 Å². The van der Waals surface area contributed by atoms with Crippen LogP contribution in [0.2, 0.25) is 0 Å². The van der Waals surface area contributed by atoms with Crippen LogP contribution in [0.25, 0.3) is 10.9 Å². The van der Waals surface area contributed by atoms with Crippen LogP contribution >= 0.6 is 0 Å². The van der Waals surface area contributed by atoms with Crippen LogP contribution in [0.15, 0.2) is 42.5 Å². The van der Waals surface area contributed by atoms with E-state index >= 15 is 0 Å². The van der Waals surface area contributed by atoms with Gasteiger partial charge in [-0.15, -0.1) is 0 Å². The Bertz CT molecular complexity index is 1420. The number of carbonyl (C=O) groups is 3. The average Bonchev–Trinajstić information content (AvgIpc) is 3.14. The Labute approximate surface area is 233 Å². The van der Waals surface area contributed by atoms with E-state index in [2.05, 4.69) is 21.7 Å². The van der Waals surface area contributed by atoms with Gasteiger partial charge >= 0.3 is 12.1 Å². The summed E-state index contributed by atoms with van der Waals surface area (Å²) in [4.78, 5) is 40.6. The summed E-state index contributed by atoms with van der Waals surface area (Å²) in [5.41, 5.74) is 5.94. The Morgan fingerprint density at radius 2 is 1.60 bits per heavy atom. The molecule has 0 radical (unpaired) electrons. The number of hydrogen-bond donors (Lipinski definition) is 4. The molecule has 0 bridgehead atoms. The minimum atomic E-state index is -1.05. The lowest BCUT2D eigenvalue weighted by atomic mass is 10.1. The number of hydrogen-bond acceptors (Lipinski definition) is 8. The average molecular weight is 550 g/mol. The van der Waals surface area contributed by atoms with Crippen molar-refractivity contribution in [3.8, 4) is 17.6 Å². The smallest absolute Gasteiger partial charge is 0.408 e. The maximum atomic E-state index is 13.1. The molecule has 1 aromatic heterocycles. The van der Waals surface area contributed by atoms with Crippen molar-refractivity contribution in [2.45, 2.75) is 71.6 Å². The van der Waals surface area contributed by atoms with Crippen molar-refractivity contribution in [3.63, 3.8) is 0 Å². The normalized spacial score (nSPS) is 12.2. The summed E-state index contributed by atoms with van der Waals surface area (Å²) in [6.45, 7) is 10.4. The fraction of sp³-hybridized carbons (Fsp3) is 0.379. The number of H-pyrrole nitrogens is 1. The number of anilines is 2. The maximum absolute atomic E-state index is 13.1. The predicted molar refractivity (Wildman–Crippen MR) is 151 cm³/mol. The third-order valence-electron chi connectivity index (χ3n) is 5.33. The van der Waals surface area contributed by atoms with E-state index in [9.17, 15) is 19.6 Å². The van der Waals surface area contributed by atoms with Gasteiger partial charge in [0.1, 0.15) is 46.2 Å². The van der Waals surface area contributed by atoms with Crippen molar-refractivity contribution in [1.82, 2.24) is 10.3 Å². The highest BCUT2D eigenvalue weighted by atomic mass is 16.6. The second-order valence-electron chi connectivity index (χ2n) is 11.2. The van der Waals surface area contributed by atoms with Crippen molar-refractivity contribution in [2.75, 3.05) is 11.1 Å². The molecular formula is C29H35N5O6. The molecule has 1 heterocycles. The van der Waals surface area contributed by atoms with Crippen molar-refractivity contribution >= 4 is 40.4 Å². The van der Waals surface area contributed by atoms with Gasteiger partial charge in [0.25, 0.3) is 0 Å². The third-order valence-corrected chi connectivity index (χ3v) is 5.33. The van der Waals surface area contributed by atoms with E-state index in [1.54, 1.807) is 84.0 Å². The number of fused-ring (bicyclic) bond motifs is 1. The predicted octanol–water partition coefficient (Wildman–Crippen LogP) is 5.37. The Balaban J connectivity index is 1.68. The van der Waals surface area contributed by atoms with Gasteiger partial charge in [0.2, 0.25) is 5.91 Å². The molecule has 2 amide bonds. The molecule has 0 unspecified atom stereocenters. The summed E-state index contributed by atoms with van der Waals surface area (Å²) in [6.07, 6.45) is -0.845.